The maximum absolute atomic E-state index is 12.8. The first-order chi connectivity index (χ1) is 10.0. The third-order valence-electron chi connectivity index (χ3n) is 3.67. The predicted octanol–water partition coefficient (Wildman–Crippen LogP) is 0.938. The highest BCUT2D eigenvalue weighted by atomic mass is 32.2. The van der Waals surface area contributed by atoms with E-state index in [4.69, 9.17) is 5.73 Å². The topological polar surface area (TPSA) is 93.4 Å². The Labute approximate surface area is 128 Å². The van der Waals surface area contributed by atoms with E-state index in [1.807, 2.05) is 0 Å². The van der Waals surface area contributed by atoms with Gasteiger partial charge in [-0.3, -0.25) is 0 Å². The maximum atomic E-state index is 12.8. The first-order valence-corrected chi connectivity index (χ1v) is 9.10. The van der Waals surface area contributed by atoms with Crippen LogP contribution in [0.1, 0.15) is 23.1 Å². The van der Waals surface area contributed by atoms with Crippen LogP contribution in [0.2, 0.25) is 0 Å². The fraction of sp³-hybridized carbons (Fsp3) is 0.538. The Hall–Kier alpha value is -1.09. The summed E-state index contributed by atoms with van der Waals surface area (Å²) in [6, 6.07) is -0.287. The van der Waals surface area contributed by atoms with Gasteiger partial charge in [-0.1, -0.05) is 6.08 Å². The lowest BCUT2D eigenvalue weighted by Gasteiger charge is -2.25. The summed E-state index contributed by atoms with van der Waals surface area (Å²) in [5.41, 5.74) is 5.92. The number of aldehydes is 1. The summed E-state index contributed by atoms with van der Waals surface area (Å²) in [6.07, 6.45) is 5.00. The SMILES string of the molecule is C=CC(c1nccs1)S(=O)(=O)N1CCCC(N)C(C=O)C1. The van der Waals surface area contributed by atoms with Crippen molar-refractivity contribution in [1.82, 2.24) is 9.29 Å². The fourth-order valence-electron chi connectivity index (χ4n) is 2.44. The largest absolute Gasteiger partial charge is 0.327 e. The second-order valence-corrected chi connectivity index (χ2v) is 8.02. The Kier molecular flexibility index (Phi) is 5.26. The van der Waals surface area contributed by atoms with E-state index in [1.165, 1.54) is 21.7 Å². The van der Waals surface area contributed by atoms with Gasteiger partial charge in [-0.25, -0.2) is 17.7 Å². The van der Waals surface area contributed by atoms with E-state index in [2.05, 4.69) is 11.6 Å². The fourth-order valence-corrected chi connectivity index (χ4v) is 5.23. The average molecular weight is 329 g/mol. The molecular weight excluding hydrogens is 310 g/mol. The molecule has 1 saturated heterocycles. The van der Waals surface area contributed by atoms with Crippen LogP contribution in [0, 0.1) is 5.92 Å². The zero-order valence-electron chi connectivity index (χ0n) is 11.6. The molecule has 21 heavy (non-hydrogen) atoms. The zero-order chi connectivity index (χ0) is 15.5. The van der Waals surface area contributed by atoms with Crippen molar-refractivity contribution in [2.24, 2.45) is 11.7 Å². The number of rotatable bonds is 5. The van der Waals surface area contributed by atoms with Crippen LogP contribution in [0.15, 0.2) is 24.2 Å². The van der Waals surface area contributed by atoms with Crippen LogP contribution < -0.4 is 5.73 Å². The summed E-state index contributed by atoms with van der Waals surface area (Å²) in [4.78, 5) is 15.2. The molecule has 116 valence electrons. The molecule has 1 fully saturated rings. The number of hydrogen-bond acceptors (Lipinski definition) is 6. The maximum Gasteiger partial charge on any atom is 0.227 e. The molecule has 1 aromatic rings. The van der Waals surface area contributed by atoms with Gasteiger partial charge in [0.2, 0.25) is 10.0 Å². The van der Waals surface area contributed by atoms with Crippen molar-refractivity contribution in [3.63, 3.8) is 0 Å². The van der Waals surface area contributed by atoms with Crippen molar-refractivity contribution < 1.29 is 13.2 Å². The van der Waals surface area contributed by atoms with Crippen LogP contribution in [0.5, 0.6) is 0 Å². The number of hydrogen-bond donors (Lipinski definition) is 1. The van der Waals surface area contributed by atoms with E-state index in [9.17, 15) is 13.2 Å². The van der Waals surface area contributed by atoms with Crippen molar-refractivity contribution in [1.29, 1.82) is 0 Å². The molecule has 1 aromatic heterocycles. The Morgan fingerprint density at radius 1 is 1.57 bits per heavy atom. The Bertz CT molecular complexity index is 586. The Balaban J connectivity index is 2.29. The normalized spacial score (nSPS) is 26.0. The van der Waals surface area contributed by atoms with Gasteiger partial charge in [-0.2, -0.15) is 0 Å². The molecule has 0 bridgehead atoms. The molecular formula is C13H19N3O3S2. The van der Waals surface area contributed by atoms with Crippen LogP contribution in [0.3, 0.4) is 0 Å². The summed E-state index contributed by atoms with van der Waals surface area (Å²) >= 11 is 1.28. The minimum atomic E-state index is -3.64. The second-order valence-electron chi connectivity index (χ2n) is 5.04. The van der Waals surface area contributed by atoms with E-state index in [0.717, 1.165) is 6.29 Å². The predicted molar refractivity (Wildman–Crippen MR) is 82.3 cm³/mol. The molecule has 3 atom stereocenters. The zero-order valence-corrected chi connectivity index (χ0v) is 13.2. The van der Waals surface area contributed by atoms with Crippen LogP contribution in [0.25, 0.3) is 0 Å². The van der Waals surface area contributed by atoms with Crippen LogP contribution in [-0.4, -0.2) is 43.1 Å². The molecule has 0 spiro atoms. The molecule has 0 aromatic carbocycles. The molecule has 6 nitrogen and oxygen atoms in total. The first-order valence-electron chi connectivity index (χ1n) is 6.72. The molecule has 0 aliphatic carbocycles. The minimum absolute atomic E-state index is 0.128. The van der Waals surface area contributed by atoms with Gasteiger partial charge < -0.3 is 10.5 Å². The molecule has 8 heteroatoms. The molecule has 0 radical (unpaired) electrons. The van der Waals surface area contributed by atoms with E-state index >= 15 is 0 Å². The van der Waals surface area contributed by atoms with Gasteiger partial charge in [-0.05, 0) is 12.8 Å². The smallest absolute Gasteiger partial charge is 0.227 e. The van der Waals surface area contributed by atoms with E-state index in [-0.39, 0.29) is 12.6 Å². The molecule has 0 saturated carbocycles. The Morgan fingerprint density at radius 3 is 2.90 bits per heavy atom. The minimum Gasteiger partial charge on any atom is -0.327 e. The highest BCUT2D eigenvalue weighted by Crippen LogP contribution is 2.30. The number of carbonyl (C=O) groups is 1. The summed E-state index contributed by atoms with van der Waals surface area (Å²) in [5, 5.41) is 1.34. The highest BCUT2D eigenvalue weighted by molar-refractivity contribution is 7.89. The van der Waals surface area contributed by atoms with Gasteiger partial charge in [0.05, 0.1) is 0 Å². The standard InChI is InChI=1S/C13H19N3O3S2/c1-2-12(13-15-5-7-20-13)21(18,19)16-6-3-4-11(14)10(8-16)9-17/h2,5,7,9-12H,1,3-4,6,8,14H2. The number of aromatic nitrogens is 1. The molecule has 3 unspecified atom stereocenters. The number of nitrogens with two attached hydrogens (primary N) is 1. The number of carbonyl (C=O) groups excluding carboxylic acids is 1. The van der Waals surface area contributed by atoms with Crippen molar-refractivity contribution in [2.45, 2.75) is 24.1 Å². The Morgan fingerprint density at radius 2 is 2.33 bits per heavy atom. The summed E-state index contributed by atoms with van der Waals surface area (Å²) in [5.74, 6) is -0.468. The van der Waals surface area contributed by atoms with Crippen LogP contribution >= 0.6 is 11.3 Å². The average Bonchev–Trinajstić information content (AvgIpc) is 2.89. The van der Waals surface area contributed by atoms with Crippen molar-refractivity contribution >= 4 is 27.6 Å². The lowest BCUT2D eigenvalue weighted by Crippen LogP contribution is -2.41. The molecule has 2 rings (SSSR count). The lowest BCUT2D eigenvalue weighted by atomic mass is 10.00. The van der Waals surface area contributed by atoms with Gasteiger partial charge >= 0.3 is 0 Å². The summed E-state index contributed by atoms with van der Waals surface area (Å²) in [6.45, 7) is 4.12. The van der Waals surface area contributed by atoms with Crippen LogP contribution in [-0.2, 0) is 14.8 Å². The molecule has 1 aliphatic heterocycles. The van der Waals surface area contributed by atoms with Crippen LogP contribution in [0.4, 0.5) is 0 Å². The third-order valence-corrected chi connectivity index (χ3v) is 6.79. The van der Waals surface area contributed by atoms with Crippen molar-refractivity contribution in [2.75, 3.05) is 13.1 Å². The highest BCUT2D eigenvalue weighted by Gasteiger charge is 2.36. The van der Waals surface area contributed by atoms with E-state index in [0.29, 0.717) is 24.4 Å². The quantitative estimate of drug-likeness (QED) is 0.641. The van der Waals surface area contributed by atoms with Crippen molar-refractivity contribution in [3.05, 3.63) is 29.2 Å². The molecule has 1 aliphatic rings. The third kappa shape index (κ3) is 3.39. The van der Waals surface area contributed by atoms with Gasteiger partial charge in [0.25, 0.3) is 0 Å². The molecule has 2 heterocycles. The van der Waals surface area contributed by atoms with Gasteiger partial charge in [-0.15, -0.1) is 17.9 Å². The number of thiazole rings is 1. The van der Waals surface area contributed by atoms with Gasteiger partial charge in [0.15, 0.2) is 0 Å². The monoisotopic (exact) mass is 329 g/mol. The second kappa shape index (κ2) is 6.78. The first kappa shape index (κ1) is 16.3. The van der Waals surface area contributed by atoms with Gasteiger partial charge in [0.1, 0.15) is 16.5 Å². The summed E-state index contributed by atoms with van der Waals surface area (Å²) in [7, 11) is -3.64. The van der Waals surface area contributed by atoms with Gasteiger partial charge in [0, 0.05) is 36.6 Å². The summed E-state index contributed by atoms with van der Waals surface area (Å²) < 4.78 is 27.0. The molecule has 2 N–H and O–H groups in total. The lowest BCUT2D eigenvalue weighted by molar-refractivity contribution is -0.111. The van der Waals surface area contributed by atoms with Crippen molar-refractivity contribution in [3.8, 4) is 0 Å². The van der Waals surface area contributed by atoms with E-state index in [1.54, 1.807) is 11.6 Å². The number of nitrogens with zero attached hydrogens (tertiary/aromatic N) is 2. The molecule has 0 amide bonds. The van der Waals surface area contributed by atoms with E-state index < -0.39 is 21.2 Å². The number of sulfonamides is 1.